The summed E-state index contributed by atoms with van der Waals surface area (Å²) in [5.41, 5.74) is 8.74. The Kier molecular flexibility index (Phi) is 7.65. The number of likely N-dealkylation sites (tertiary alicyclic amines) is 1. The molecular formula is C23H25AlN4O2. The molecule has 0 spiro atoms. The van der Waals surface area contributed by atoms with Gasteiger partial charge in [0.15, 0.2) is 16.3 Å². The number of nitrogens with one attached hydrogen (secondary N) is 1. The molecule has 0 aliphatic carbocycles. The molecule has 0 aromatic heterocycles. The molecule has 3 atom stereocenters. The Balaban J connectivity index is 1.57. The summed E-state index contributed by atoms with van der Waals surface area (Å²) in [4.78, 5) is 27.2. The molecule has 1 heterocycles. The zero-order chi connectivity index (χ0) is 21.5. The van der Waals surface area contributed by atoms with Crippen LogP contribution in [-0.2, 0) is 22.4 Å². The normalized spacial score (nSPS) is 17.7. The Bertz CT molecular complexity index is 928. The van der Waals surface area contributed by atoms with Crippen molar-refractivity contribution in [3.8, 4) is 6.07 Å². The van der Waals surface area contributed by atoms with Crippen molar-refractivity contribution in [3.63, 3.8) is 0 Å². The molecule has 152 valence electrons. The van der Waals surface area contributed by atoms with Crippen molar-refractivity contribution >= 4 is 28.1 Å². The summed E-state index contributed by atoms with van der Waals surface area (Å²) in [5.74, 6) is -0.345. The summed E-state index contributed by atoms with van der Waals surface area (Å²) in [6.45, 7) is 0.547. The lowest BCUT2D eigenvalue weighted by Gasteiger charge is -2.28. The number of rotatable bonds is 7. The number of carbonyl (C=O) groups excluding carboxylic acids is 2. The number of amides is 2. The molecule has 1 saturated heterocycles. The Hall–Kier alpha value is -2.64. The van der Waals surface area contributed by atoms with Crippen molar-refractivity contribution in [1.82, 2.24) is 10.2 Å². The van der Waals surface area contributed by atoms with Gasteiger partial charge in [-0.05, 0) is 53.8 Å². The van der Waals surface area contributed by atoms with Gasteiger partial charge >= 0.3 is 0 Å². The Morgan fingerprint density at radius 3 is 2.63 bits per heavy atom. The summed E-state index contributed by atoms with van der Waals surface area (Å²) in [5, 5.41) is 12.0. The zero-order valence-corrected chi connectivity index (χ0v) is 18.0. The second kappa shape index (κ2) is 10.4. The highest BCUT2D eigenvalue weighted by atomic mass is 27.0. The van der Waals surface area contributed by atoms with Gasteiger partial charge in [-0.1, -0.05) is 42.5 Å². The van der Waals surface area contributed by atoms with E-state index < -0.39 is 12.1 Å². The summed E-state index contributed by atoms with van der Waals surface area (Å²) in [6.07, 6.45) is 2.46. The van der Waals surface area contributed by atoms with Gasteiger partial charge in [-0.25, -0.2) is 0 Å². The molecule has 1 aliphatic heterocycles. The molecule has 0 saturated carbocycles. The maximum absolute atomic E-state index is 12.9. The lowest BCUT2D eigenvalue weighted by Crippen LogP contribution is -2.53. The van der Waals surface area contributed by atoms with Crippen LogP contribution in [0.4, 0.5) is 0 Å². The van der Waals surface area contributed by atoms with Crippen molar-refractivity contribution < 1.29 is 9.59 Å². The van der Waals surface area contributed by atoms with E-state index in [0.717, 1.165) is 17.5 Å². The van der Waals surface area contributed by atoms with Crippen LogP contribution in [0, 0.1) is 11.3 Å². The Morgan fingerprint density at radius 2 is 1.90 bits per heavy atom. The first kappa shape index (κ1) is 22.1. The van der Waals surface area contributed by atoms with Gasteiger partial charge in [-0.2, -0.15) is 5.26 Å². The van der Waals surface area contributed by atoms with Crippen molar-refractivity contribution in [2.75, 3.05) is 6.54 Å². The molecule has 6 nitrogen and oxygen atoms in total. The SMILES string of the molecule is N#Cc1cccc(C[C@@H]([Al])NC(=O)[C@@H]2CCCN2C(=O)[C@H](N)Cc2ccccc2)c1. The third kappa shape index (κ3) is 5.71. The van der Waals surface area contributed by atoms with Crippen molar-refractivity contribution in [2.24, 2.45) is 5.73 Å². The number of nitrogens with two attached hydrogens (primary N) is 1. The number of hydrogen-bond acceptors (Lipinski definition) is 4. The average molecular weight is 416 g/mol. The molecule has 2 aromatic carbocycles. The fourth-order valence-electron chi connectivity index (χ4n) is 3.82. The molecule has 2 aromatic rings. The highest BCUT2D eigenvalue weighted by Crippen LogP contribution is 2.19. The summed E-state index contributed by atoms with van der Waals surface area (Å²) >= 11 is 2.63. The fraction of sp³-hybridized carbons (Fsp3) is 0.348. The summed E-state index contributed by atoms with van der Waals surface area (Å²) < 4.78 is 0. The van der Waals surface area contributed by atoms with E-state index in [9.17, 15) is 9.59 Å². The van der Waals surface area contributed by atoms with Gasteiger partial charge in [0.1, 0.15) is 6.04 Å². The molecule has 3 rings (SSSR count). The molecule has 3 N–H and O–H groups in total. The number of nitriles is 1. The standard InChI is InChI=1S/C23H25N4O2.Al/c24-16-19-9-4-8-18(14-19)11-12-26-22(28)21-10-5-13-27(21)23(29)20(25)15-17-6-2-1-3-7-17;/h1-4,6-9,12,14,20-21H,5,10-11,13,15,25H2,(H,26,28);/t20-,21+;/m1./s1. The van der Waals surface area contributed by atoms with E-state index in [1.165, 1.54) is 0 Å². The maximum atomic E-state index is 12.9. The Labute approximate surface area is 185 Å². The van der Waals surface area contributed by atoms with Crippen molar-refractivity contribution in [2.45, 2.75) is 42.7 Å². The van der Waals surface area contributed by atoms with Crippen LogP contribution in [0.5, 0.6) is 0 Å². The van der Waals surface area contributed by atoms with E-state index >= 15 is 0 Å². The van der Waals surface area contributed by atoms with Crippen LogP contribution in [0.15, 0.2) is 54.6 Å². The van der Waals surface area contributed by atoms with Gasteiger partial charge < -0.3 is 16.0 Å². The van der Waals surface area contributed by atoms with Crippen LogP contribution in [-0.4, -0.2) is 56.5 Å². The average Bonchev–Trinajstić information content (AvgIpc) is 3.24. The van der Waals surface area contributed by atoms with Crippen LogP contribution in [0.1, 0.15) is 29.5 Å². The van der Waals surface area contributed by atoms with E-state index in [1.807, 2.05) is 48.5 Å². The van der Waals surface area contributed by atoms with Gasteiger partial charge in [-0.15, -0.1) is 0 Å². The molecular weight excluding hydrogens is 391 g/mol. The lowest BCUT2D eigenvalue weighted by molar-refractivity contribution is -0.139. The molecule has 30 heavy (non-hydrogen) atoms. The molecule has 1 aliphatic rings. The van der Waals surface area contributed by atoms with Crippen LogP contribution >= 0.6 is 0 Å². The third-order valence-corrected chi connectivity index (χ3v) is 5.70. The highest BCUT2D eigenvalue weighted by molar-refractivity contribution is 6.13. The van der Waals surface area contributed by atoms with E-state index in [-0.39, 0.29) is 16.7 Å². The van der Waals surface area contributed by atoms with Gasteiger partial charge in [0.25, 0.3) is 0 Å². The quantitative estimate of drug-likeness (QED) is 0.664. The van der Waals surface area contributed by atoms with Crippen molar-refractivity contribution in [3.05, 3.63) is 71.3 Å². The number of hydrogen-bond donors (Lipinski definition) is 2. The molecule has 0 unspecified atom stereocenters. The molecule has 1 fully saturated rings. The van der Waals surface area contributed by atoms with Crippen LogP contribution < -0.4 is 11.1 Å². The summed E-state index contributed by atoms with van der Waals surface area (Å²) in [6, 6.07) is 17.9. The monoisotopic (exact) mass is 416 g/mol. The largest absolute Gasteiger partial charge is 0.367 e. The molecule has 0 bridgehead atoms. The molecule has 2 radical (unpaired) electrons. The topological polar surface area (TPSA) is 99.2 Å². The van der Waals surface area contributed by atoms with Gasteiger partial charge in [0.2, 0.25) is 11.8 Å². The maximum Gasteiger partial charge on any atom is 0.241 e. The number of nitrogens with zero attached hydrogens (tertiary/aromatic N) is 2. The van der Waals surface area contributed by atoms with E-state index in [0.29, 0.717) is 31.4 Å². The van der Waals surface area contributed by atoms with Crippen LogP contribution in [0.2, 0.25) is 0 Å². The van der Waals surface area contributed by atoms with E-state index in [1.54, 1.807) is 11.0 Å². The van der Waals surface area contributed by atoms with E-state index in [2.05, 4.69) is 27.7 Å². The van der Waals surface area contributed by atoms with Crippen LogP contribution in [0.25, 0.3) is 0 Å². The second-order valence-electron chi connectivity index (χ2n) is 7.62. The highest BCUT2D eigenvalue weighted by Gasteiger charge is 2.36. The first-order chi connectivity index (χ1) is 14.5. The molecule has 2 amide bonds. The van der Waals surface area contributed by atoms with Crippen LogP contribution in [0.3, 0.4) is 0 Å². The fourth-order valence-corrected chi connectivity index (χ4v) is 4.26. The van der Waals surface area contributed by atoms with Gasteiger partial charge in [0.05, 0.1) is 17.7 Å². The minimum atomic E-state index is -0.665. The second-order valence-corrected chi connectivity index (χ2v) is 8.42. The van der Waals surface area contributed by atoms with E-state index in [4.69, 9.17) is 11.0 Å². The zero-order valence-electron chi connectivity index (χ0n) is 16.8. The lowest BCUT2D eigenvalue weighted by atomic mass is 10.0. The van der Waals surface area contributed by atoms with Crippen molar-refractivity contribution in [1.29, 1.82) is 5.26 Å². The third-order valence-electron chi connectivity index (χ3n) is 5.29. The minimum absolute atomic E-state index is 0.163. The van der Waals surface area contributed by atoms with Gasteiger partial charge in [0, 0.05) is 6.54 Å². The predicted molar refractivity (Wildman–Crippen MR) is 115 cm³/mol. The number of carbonyl (C=O) groups is 2. The van der Waals surface area contributed by atoms with Gasteiger partial charge in [-0.3, -0.25) is 9.59 Å². The minimum Gasteiger partial charge on any atom is -0.367 e. The predicted octanol–water partition coefficient (Wildman–Crippen LogP) is 1.27. The first-order valence-electron chi connectivity index (χ1n) is 10.1. The summed E-state index contributed by atoms with van der Waals surface area (Å²) in [7, 11) is 0. The number of benzene rings is 2. The smallest absolute Gasteiger partial charge is 0.241 e. The Morgan fingerprint density at radius 1 is 1.17 bits per heavy atom. The molecule has 7 heteroatoms. The first-order valence-corrected chi connectivity index (χ1v) is 10.8.